The first kappa shape index (κ1) is 45.7. The third-order valence-electron chi connectivity index (χ3n) is 8.83. The summed E-state index contributed by atoms with van der Waals surface area (Å²) in [5, 5.41) is 50.4. The number of aliphatic imine (C=N–C) groups is 1. The number of phenols is 2. The smallest absolute Gasteiger partial charge is 0.296 e. The van der Waals surface area contributed by atoms with Crippen LogP contribution in [0.25, 0.3) is 21.5 Å². The Morgan fingerprint density at radius 2 is 1.16 bits per heavy atom. The minimum Gasteiger partial charge on any atom is -0.507 e. The summed E-state index contributed by atoms with van der Waals surface area (Å²) in [5.74, 6) is -1.55. The van der Waals surface area contributed by atoms with Crippen LogP contribution in [-0.4, -0.2) is 87.4 Å². The van der Waals surface area contributed by atoms with Gasteiger partial charge in [0, 0.05) is 23.2 Å². The number of hydrogen-bond donors (Lipinski definition) is 8. The van der Waals surface area contributed by atoms with E-state index in [0.717, 1.165) is 42.5 Å². The van der Waals surface area contributed by atoms with Crippen molar-refractivity contribution in [3.63, 3.8) is 0 Å². The molecule has 0 radical (unpaired) electrons. The molecule has 0 bridgehead atoms. The summed E-state index contributed by atoms with van der Waals surface area (Å²) < 4.78 is 145. The van der Waals surface area contributed by atoms with Crippen molar-refractivity contribution in [2.45, 2.75) is 26.5 Å². The number of rotatable bonds is 12. The third kappa shape index (κ3) is 9.95. The fraction of sp³-hybridized carbons (Fsp3) is 0.0833. The van der Waals surface area contributed by atoms with E-state index in [-0.39, 0.29) is 61.5 Å². The van der Waals surface area contributed by atoms with Gasteiger partial charge in [0.1, 0.15) is 39.2 Å². The van der Waals surface area contributed by atoms with E-state index in [4.69, 9.17) is 9.47 Å². The molecule has 0 saturated heterocycles. The Labute approximate surface area is 356 Å². The first-order chi connectivity index (χ1) is 29.3. The number of amidine groups is 1. The number of aryl methyl sites for hydroxylation is 1. The van der Waals surface area contributed by atoms with Crippen LogP contribution >= 0.6 is 0 Å². The van der Waals surface area contributed by atoms with Crippen LogP contribution in [0.3, 0.4) is 0 Å². The van der Waals surface area contributed by atoms with E-state index in [1.54, 1.807) is 6.92 Å². The Hall–Kier alpha value is -6.85. The zero-order valence-corrected chi connectivity index (χ0v) is 35.4. The molecular formula is C36H30N6O17S4. The highest BCUT2D eigenvalue weighted by Crippen LogP contribution is 2.44. The lowest BCUT2D eigenvalue weighted by molar-refractivity contribution is 0.415. The Bertz CT molecular complexity index is 3450. The van der Waals surface area contributed by atoms with Gasteiger partial charge in [-0.15, -0.1) is 15.3 Å². The topological polar surface area (TPSA) is 370 Å². The van der Waals surface area contributed by atoms with Gasteiger partial charge in [-0.25, -0.2) is 0 Å². The molecule has 0 amide bonds. The second-order valence-electron chi connectivity index (χ2n) is 13.0. The van der Waals surface area contributed by atoms with Crippen molar-refractivity contribution < 1.29 is 76.7 Å². The minimum atomic E-state index is -5.11. The Balaban J connectivity index is 1.33. The van der Waals surface area contributed by atoms with Gasteiger partial charge in [0.05, 0.1) is 45.7 Å². The van der Waals surface area contributed by atoms with Gasteiger partial charge in [0.15, 0.2) is 5.75 Å². The summed E-state index contributed by atoms with van der Waals surface area (Å²) in [5.41, 5.74) is -0.838. The fourth-order valence-corrected chi connectivity index (χ4v) is 8.16. The van der Waals surface area contributed by atoms with E-state index in [2.05, 4.69) is 30.8 Å². The Morgan fingerprint density at radius 3 is 1.76 bits per heavy atom. The fourth-order valence-electron chi connectivity index (χ4n) is 5.93. The molecule has 0 heterocycles. The highest BCUT2D eigenvalue weighted by Gasteiger charge is 2.24. The molecule has 6 aromatic rings. The summed E-state index contributed by atoms with van der Waals surface area (Å²) in [4.78, 5) is 1.08. The summed E-state index contributed by atoms with van der Waals surface area (Å²) in [7, 11) is -17.1. The van der Waals surface area contributed by atoms with Gasteiger partial charge in [-0.3, -0.25) is 18.2 Å². The molecule has 0 unspecified atom stereocenters. The van der Waals surface area contributed by atoms with Crippen molar-refractivity contribution >= 4 is 102 Å². The number of azo groups is 2. The van der Waals surface area contributed by atoms with E-state index in [0.29, 0.717) is 11.6 Å². The number of methoxy groups -OCH3 is 2. The largest absolute Gasteiger partial charge is 0.507 e. The van der Waals surface area contributed by atoms with Crippen molar-refractivity contribution in [1.29, 1.82) is 0 Å². The van der Waals surface area contributed by atoms with E-state index >= 15 is 0 Å². The summed E-state index contributed by atoms with van der Waals surface area (Å²) in [6, 6.07) is 13.1. The third-order valence-corrected chi connectivity index (χ3v) is 12.2. The normalized spacial score (nSPS) is 13.0. The maximum atomic E-state index is 12.5. The highest BCUT2D eigenvalue weighted by atomic mass is 32.2. The lowest BCUT2D eigenvalue weighted by Crippen LogP contribution is -2.10. The molecule has 27 heteroatoms. The number of fused-ring (bicyclic) bond motifs is 2. The van der Waals surface area contributed by atoms with Crippen molar-refractivity contribution in [3.05, 3.63) is 84.4 Å². The molecule has 6 aromatic carbocycles. The first-order valence-corrected chi connectivity index (χ1v) is 22.8. The second-order valence-corrected chi connectivity index (χ2v) is 18.7. The molecule has 23 nitrogen and oxygen atoms in total. The maximum absolute atomic E-state index is 12.5. The molecule has 0 spiro atoms. The van der Waals surface area contributed by atoms with E-state index in [1.807, 2.05) is 0 Å². The molecule has 8 N–H and O–H groups in total. The van der Waals surface area contributed by atoms with Crippen molar-refractivity contribution in [1.82, 2.24) is 0 Å². The summed E-state index contributed by atoms with van der Waals surface area (Å²) in [6.07, 6.45) is 0. The van der Waals surface area contributed by atoms with E-state index in [1.165, 1.54) is 44.6 Å². The monoisotopic (exact) mass is 946 g/mol. The summed E-state index contributed by atoms with van der Waals surface area (Å²) >= 11 is 0. The van der Waals surface area contributed by atoms with Crippen molar-refractivity contribution in [3.8, 4) is 23.0 Å². The SMILES string of the molecule is COc1ccc(S(=O)(=O)O)cc1N=Nc1c(S(=O)(=O)O)cc2cc(NC(O)=Nc3cc(C)c(N=Nc4cc(S(=O)(=O)O)cc5cc(S(=O)(=O)O)cc(O)c45)cc3OC)ccc2c1O. The van der Waals surface area contributed by atoms with Crippen LogP contribution in [-0.2, 0) is 40.5 Å². The molecular weight excluding hydrogens is 917 g/mol. The average molecular weight is 947 g/mol. The molecule has 0 saturated carbocycles. The van der Waals surface area contributed by atoms with Crippen LogP contribution in [0.4, 0.5) is 34.1 Å². The van der Waals surface area contributed by atoms with Crippen LogP contribution in [0.15, 0.2) is 124 Å². The van der Waals surface area contributed by atoms with Gasteiger partial charge in [0.25, 0.3) is 46.5 Å². The molecule has 0 fully saturated rings. The molecule has 0 aliphatic heterocycles. The number of benzene rings is 6. The molecule has 330 valence electrons. The van der Waals surface area contributed by atoms with Crippen molar-refractivity contribution in [2.75, 3.05) is 19.5 Å². The molecule has 0 atom stereocenters. The van der Waals surface area contributed by atoms with Crippen LogP contribution in [0, 0.1) is 6.92 Å². The zero-order chi connectivity index (χ0) is 46.4. The lowest BCUT2D eigenvalue weighted by Gasteiger charge is -2.12. The van der Waals surface area contributed by atoms with Gasteiger partial charge < -0.3 is 30.1 Å². The van der Waals surface area contributed by atoms with E-state index < -0.39 is 83.3 Å². The van der Waals surface area contributed by atoms with Gasteiger partial charge in [-0.2, -0.15) is 43.8 Å². The highest BCUT2D eigenvalue weighted by molar-refractivity contribution is 7.86. The van der Waals surface area contributed by atoms with Crippen molar-refractivity contribution in [2.24, 2.45) is 25.4 Å². The molecule has 63 heavy (non-hydrogen) atoms. The van der Waals surface area contributed by atoms with Crippen LogP contribution in [0.1, 0.15) is 5.56 Å². The number of anilines is 1. The number of nitrogens with zero attached hydrogens (tertiary/aromatic N) is 5. The van der Waals surface area contributed by atoms with Gasteiger partial charge in [-0.1, -0.05) is 0 Å². The van der Waals surface area contributed by atoms with Gasteiger partial charge in [-0.05, 0) is 90.0 Å². The van der Waals surface area contributed by atoms with Crippen LogP contribution < -0.4 is 14.8 Å². The van der Waals surface area contributed by atoms with Gasteiger partial charge in [0.2, 0.25) is 0 Å². The Morgan fingerprint density at radius 1 is 0.571 bits per heavy atom. The average Bonchev–Trinajstić information content (AvgIpc) is 3.18. The number of phenolic OH excluding ortho intramolecular Hbond substituents is 2. The Kier molecular flexibility index (Phi) is 12.2. The summed E-state index contributed by atoms with van der Waals surface area (Å²) in [6.45, 7) is 1.55. The number of aliphatic hydroxyl groups is 1. The predicted molar refractivity (Wildman–Crippen MR) is 223 cm³/mol. The second kappa shape index (κ2) is 16.8. The zero-order valence-electron chi connectivity index (χ0n) is 32.1. The van der Waals surface area contributed by atoms with E-state index in [9.17, 15) is 67.2 Å². The van der Waals surface area contributed by atoms with Crippen LogP contribution in [0.2, 0.25) is 0 Å². The number of hydrogen-bond acceptors (Lipinski definition) is 17. The first-order valence-electron chi connectivity index (χ1n) is 17.0. The predicted octanol–water partition coefficient (Wildman–Crippen LogP) is 7.21. The standard InChI is InChI=1S/C36H30N6O17S4/c1-17-8-26(31(59-3)16-25(17)39-41-28-14-22(61(49,50)51)10-19-11-23(62(52,53)54)15-29(43)33(19)28)38-36(45)37-20-4-6-24-18(9-20)12-32(63(55,56)57)34(35(24)44)42-40-27-13-21(60(46,47)48)5-7-30(27)58-2/h4-16,43-44H,1-3H3,(H2,37,38,45)(H,46,47,48)(H,49,50,51)(H,52,53,54)(H,55,56,57). The maximum Gasteiger partial charge on any atom is 0.296 e. The molecule has 0 aliphatic carbocycles. The number of nitrogens with one attached hydrogen (secondary N) is 1. The molecule has 6 rings (SSSR count). The van der Waals surface area contributed by atoms with Gasteiger partial charge >= 0.3 is 0 Å². The van der Waals surface area contributed by atoms with Crippen LogP contribution in [0.5, 0.6) is 23.0 Å². The quantitative estimate of drug-likeness (QED) is 0.0260. The molecule has 0 aliphatic rings. The lowest BCUT2D eigenvalue weighted by atomic mass is 10.1. The number of aromatic hydroxyl groups is 2. The number of ether oxygens (including phenoxy) is 2. The minimum absolute atomic E-state index is 0.00494. The molecule has 0 aromatic heterocycles. The number of aliphatic hydroxyl groups excluding tert-OH is 1.